The highest BCUT2D eigenvalue weighted by molar-refractivity contribution is 5.94. The van der Waals surface area contributed by atoms with Gasteiger partial charge >= 0.3 is 0 Å². The SMILES string of the molecule is Cc1ncccc1Nc1cc(C#Cc2cnc3ccc(-c4ccc(C(=O)N5CCNCC5)cc4)nn23)ccn1. The summed E-state index contributed by atoms with van der Waals surface area (Å²) in [5.41, 5.74) is 6.35. The quantitative estimate of drug-likeness (QED) is 0.353. The number of rotatable bonds is 4. The monoisotopic (exact) mass is 514 g/mol. The van der Waals surface area contributed by atoms with Crippen LogP contribution in [-0.4, -0.2) is 61.6 Å². The lowest BCUT2D eigenvalue weighted by Gasteiger charge is -2.27. The Kier molecular flexibility index (Phi) is 6.68. The van der Waals surface area contributed by atoms with Crippen LogP contribution in [0.2, 0.25) is 0 Å². The van der Waals surface area contributed by atoms with Crippen LogP contribution in [0.4, 0.5) is 11.5 Å². The Hall–Kier alpha value is -5.07. The van der Waals surface area contributed by atoms with E-state index in [-0.39, 0.29) is 5.91 Å². The lowest BCUT2D eigenvalue weighted by Crippen LogP contribution is -2.46. The van der Waals surface area contributed by atoms with E-state index in [0.717, 1.165) is 54.4 Å². The normalized spacial score (nSPS) is 13.1. The van der Waals surface area contributed by atoms with E-state index in [1.54, 1.807) is 23.1 Å². The van der Waals surface area contributed by atoms with Gasteiger partial charge in [-0.15, -0.1) is 0 Å². The minimum absolute atomic E-state index is 0.0590. The minimum atomic E-state index is 0.0590. The lowest BCUT2D eigenvalue weighted by atomic mass is 10.1. The molecule has 6 rings (SSSR count). The van der Waals surface area contributed by atoms with Crippen LogP contribution < -0.4 is 10.6 Å². The number of nitrogens with one attached hydrogen (secondary N) is 2. The van der Waals surface area contributed by atoms with Gasteiger partial charge in [0.15, 0.2) is 5.65 Å². The Morgan fingerprint density at radius 1 is 0.949 bits per heavy atom. The zero-order valence-corrected chi connectivity index (χ0v) is 21.4. The number of pyridine rings is 2. The summed E-state index contributed by atoms with van der Waals surface area (Å²) in [6.07, 6.45) is 5.20. The van der Waals surface area contributed by atoms with Gasteiger partial charge in [-0.05, 0) is 61.4 Å². The molecule has 39 heavy (non-hydrogen) atoms. The Morgan fingerprint density at radius 2 is 1.79 bits per heavy atom. The number of nitrogens with zero attached hydrogens (tertiary/aromatic N) is 6. The van der Waals surface area contributed by atoms with Crippen molar-refractivity contribution in [1.82, 2.24) is 34.8 Å². The third-order valence-corrected chi connectivity index (χ3v) is 6.56. The first kappa shape index (κ1) is 24.3. The molecule has 1 aliphatic rings. The molecule has 2 N–H and O–H groups in total. The molecule has 5 heterocycles. The summed E-state index contributed by atoms with van der Waals surface area (Å²) in [7, 11) is 0. The van der Waals surface area contributed by atoms with Gasteiger partial charge in [0.1, 0.15) is 11.5 Å². The summed E-state index contributed by atoms with van der Waals surface area (Å²) in [5.74, 6) is 7.14. The number of anilines is 2. The second-order valence-corrected chi connectivity index (χ2v) is 9.19. The highest BCUT2D eigenvalue weighted by Gasteiger charge is 2.18. The van der Waals surface area contributed by atoms with Crippen LogP contribution in [0.25, 0.3) is 16.9 Å². The number of imidazole rings is 1. The predicted octanol–water partition coefficient (Wildman–Crippen LogP) is 3.68. The van der Waals surface area contributed by atoms with E-state index >= 15 is 0 Å². The van der Waals surface area contributed by atoms with E-state index in [1.165, 1.54) is 0 Å². The zero-order chi connectivity index (χ0) is 26.6. The number of aromatic nitrogens is 5. The van der Waals surface area contributed by atoms with Gasteiger partial charge in [-0.25, -0.2) is 14.5 Å². The molecule has 4 aromatic heterocycles. The molecule has 1 aliphatic heterocycles. The predicted molar refractivity (Wildman–Crippen MR) is 150 cm³/mol. The molecule has 192 valence electrons. The van der Waals surface area contributed by atoms with Crippen molar-refractivity contribution in [3.05, 3.63) is 102 Å². The lowest BCUT2D eigenvalue weighted by molar-refractivity contribution is 0.0736. The van der Waals surface area contributed by atoms with Crippen molar-refractivity contribution in [1.29, 1.82) is 0 Å². The first-order valence-corrected chi connectivity index (χ1v) is 12.8. The Labute approximate surface area is 226 Å². The van der Waals surface area contributed by atoms with Crippen molar-refractivity contribution in [3.8, 4) is 23.1 Å². The van der Waals surface area contributed by atoms with Crippen molar-refractivity contribution >= 4 is 23.1 Å². The average molecular weight is 515 g/mol. The summed E-state index contributed by atoms with van der Waals surface area (Å²) in [4.78, 5) is 27.8. The maximum absolute atomic E-state index is 12.8. The number of amides is 1. The molecule has 1 fully saturated rings. The number of carbonyl (C=O) groups excluding carboxylic acids is 1. The van der Waals surface area contributed by atoms with Crippen molar-refractivity contribution in [3.63, 3.8) is 0 Å². The molecule has 0 radical (unpaired) electrons. The maximum Gasteiger partial charge on any atom is 0.253 e. The second kappa shape index (κ2) is 10.7. The summed E-state index contributed by atoms with van der Waals surface area (Å²) in [6.45, 7) is 5.05. The van der Waals surface area contributed by atoms with Gasteiger partial charge in [0, 0.05) is 55.3 Å². The van der Waals surface area contributed by atoms with Gasteiger partial charge in [0.25, 0.3) is 5.91 Å². The number of piperazine rings is 1. The standard InChI is InChI=1S/C30H26N8O/c1-21-26(3-2-13-32-21)35-28-19-22(12-14-33-28)4-9-25-20-34-29-11-10-27(36-38(25)29)23-5-7-24(8-6-23)30(39)37-17-15-31-16-18-37/h2-3,5-8,10-14,19-20,31H,15-18H2,1H3,(H,33,35). The van der Waals surface area contributed by atoms with Gasteiger partial charge in [0.2, 0.25) is 0 Å². The molecule has 1 saturated heterocycles. The number of aryl methyl sites for hydroxylation is 1. The van der Waals surface area contributed by atoms with E-state index < -0.39 is 0 Å². The van der Waals surface area contributed by atoms with Gasteiger partial charge in [-0.3, -0.25) is 9.78 Å². The van der Waals surface area contributed by atoms with Gasteiger partial charge in [0.05, 0.1) is 23.3 Å². The number of fused-ring (bicyclic) bond motifs is 1. The molecule has 9 heteroatoms. The molecule has 0 saturated carbocycles. The third kappa shape index (κ3) is 5.32. The van der Waals surface area contributed by atoms with Crippen molar-refractivity contribution in [2.24, 2.45) is 0 Å². The number of benzene rings is 1. The van der Waals surface area contributed by atoms with E-state index in [2.05, 4.69) is 37.4 Å². The second-order valence-electron chi connectivity index (χ2n) is 9.19. The molecule has 9 nitrogen and oxygen atoms in total. The molecule has 0 aliphatic carbocycles. The van der Waals surface area contributed by atoms with Crippen molar-refractivity contribution in [2.45, 2.75) is 6.92 Å². The molecule has 0 bridgehead atoms. The summed E-state index contributed by atoms with van der Waals surface area (Å²) in [5, 5.41) is 11.3. The van der Waals surface area contributed by atoms with Gasteiger partial charge in [-0.1, -0.05) is 18.1 Å². The fourth-order valence-corrected chi connectivity index (χ4v) is 4.41. The van der Waals surface area contributed by atoms with Crippen molar-refractivity contribution in [2.75, 3.05) is 31.5 Å². The summed E-state index contributed by atoms with van der Waals surface area (Å²) in [6, 6.07) is 19.0. The highest BCUT2D eigenvalue weighted by atomic mass is 16.2. The van der Waals surface area contributed by atoms with E-state index in [4.69, 9.17) is 5.10 Å². The minimum Gasteiger partial charge on any atom is -0.339 e. The van der Waals surface area contributed by atoms with E-state index in [9.17, 15) is 4.79 Å². The first-order chi connectivity index (χ1) is 19.1. The molecule has 0 spiro atoms. The number of carbonyl (C=O) groups is 1. The third-order valence-electron chi connectivity index (χ3n) is 6.56. The highest BCUT2D eigenvalue weighted by Crippen LogP contribution is 2.20. The van der Waals surface area contributed by atoms with Crippen molar-refractivity contribution < 1.29 is 4.79 Å². The molecule has 1 amide bonds. The smallest absolute Gasteiger partial charge is 0.253 e. The van der Waals surface area contributed by atoms with Crippen LogP contribution in [0.1, 0.15) is 27.3 Å². The zero-order valence-electron chi connectivity index (χ0n) is 21.4. The fourth-order valence-electron chi connectivity index (χ4n) is 4.41. The molecule has 1 aromatic carbocycles. The number of hydrogen-bond acceptors (Lipinski definition) is 7. The van der Waals surface area contributed by atoms with Crippen LogP contribution in [-0.2, 0) is 0 Å². The Bertz CT molecular complexity index is 1710. The molecule has 0 unspecified atom stereocenters. The summed E-state index contributed by atoms with van der Waals surface area (Å²) >= 11 is 0. The van der Waals surface area contributed by atoms with E-state index in [0.29, 0.717) is 22.7 Å². The largest absolute Gasteiger partial charge is 0.339 e. The maximum atomic E-state index is 12.8. The Morgan fingerprint density at radius 3 is 2.62 bits per heavy atom. The van der Waals surface area contributed by atoms with Crippen LogP contribution in [0.5, 0.6) is 0 Å². The van der Waals surface area contributed by atoms with Gasteiger partial charge in [-0.2, -0.15) is 5.10 Å². The summed E-state index contributed by atoms with van der Waals surface area (Å²) < 4.78 is 1.74. The topological polar surface area (TPSA) is 100 Å². The van der Waals surface area contributed by atoms with E-state index in [1.807, 2.05) is 72.5 Å². The fraction of sp³-hybridized carbons (Fsp3) is 0.167. The number of hydrogen-bond donors (Lipinski definition) is 2. The van der Waals surface area contributed by atoms with Crippen LogP contribution in [0.15, 0.2) is 79.3 Å². The van der Waals surface area contributed by atoms with Crippen LogP contribution in [0.3, 0.4) is 0 Å². The first-order valence-electron chi connectivity index (χ1n) is 12.8. The van der Waals surface area contributed by atoms with Crippen LogP contribution in [0, 0.1) is 18.8 Å². The molecule has 0 atom stereocenters. The molecular weight excluding hydrogens is 488 g/mol. The molecular formula is C30H26N8O. The van der Waals surface area contributed by atoms with Gasteiger partial charge < -0.3 is 15.5 Å². The average Bonchev–Trinajstić information content (AvgIpc) is 3.40. The molecule has 5 aromatic rings. The van der Waals surface area contributed by atoms with Crippen LogP contribution >= 0.6 is 0 Å². The Balaban J connectivity index is 1.22.